The highest BCUT2D eigenvalue weighted by atomic mass is 15.0. The summed E-state index contributed by atoms with van der Waals surface area (Å²) < 4.78 is 0. The molecule has 0 saturated heterocycles. The summed E-state index contributed by atoms with van der Waals surface area (Å²) in [5.41, 5.74) is 18.9. The van der Waals surface area contributed by atoms with Crippen LogP contribution in [0.3, 0.4) is 0 Å². The van der Waals surface area contributed by atoms with Gasteiger partial charge in [0.1, 0.15) is 0 Å². The highest BCUT2D eigenvalue weighted by molar-refractivity contribution is 6.41. The number of aliphatic imine (C=N–C) groups is 1. The second-order valence-electron chi connectivity index (χ2n) is 14.3. The zero-order valence-electron chi connectivity index (χ0n) is 30.0. The second kappa shape index (κ2) is 12.7. The van der Waals surface area contributed by atoms with Crippen molar-refractivity contribution >= 4 is 50.2 Å². The Morgan fingerprint density at radius 2 is 0.836 bits per heavy atom. The average Bonchev–Trinajstić information content (AvgIpc) is 3.94. The maximum Gasteiger partial charge on any atom is 0.0816 e. The lowest BCUT2D eigenvalue weighted by Crippen LogP contribution is -2.18. The maximum absolute atomic E-state index is 5.78. The van der Waals surface area contributed by atoms with E-state index in [4.69, 9.17) is 4.99 Å². The highest BCUT2D eigenvalue weighted by Gasteiger charge is 2.38. The fourth-order valence-corrected chi connectivity index (χ4v) is 8.91. The first-order valence-corrected chi connectivity index (χ1v) is 18.9. The number of allylic oxidation sites excluding steroid dienone is 1. The van der Waals surface area contributed by atoms with Gasteiger partial charge in [-0.1, -0.05) is 194 Å². The van der Waals surface area contributed by atoms with E-state index in [2.05, 4.69) is 204 Å². The summed E-state index contributed by atoms with van der Waals surface area (Å²) >= 11 is 0. The average molecular weight is 702 g/mol. The first-order chi connectivity index (χ1) is 27.3. The van der Waals surface area contributed by atoms with Crippen molar-refractivity contribution in [3.63, 3.8) is 0 Å². The Bertz CT molecular complexity index is 2910. The summed E-state index contributed by atoms with van der Waals surface area (Å²) in [6.45, 7) is 0. The molecule has 55 heavy (non-hydrogen) atoms. The molecule has 6 bridgehead atoms. The Kier molecular flexibility index (Phi) is 7.24. The number of rotatable bonds is 4. The van der Waals surface area contributed by atoms with Crippen molar-refractivity contribution in [2.45, 2.75) is 6.04 Å². The van der Waals surface area contributed by atoms with E-state index in [0.717, 1.165) is 84.0 Å². The van der Waals surface area contributed by atoms with E-state index in [1.165, 1.54) is 22.1 Å². The molecule has 2 N–H and O–H groups in total. The van der Waals surface area contributed by atoms with Gasteiger partial charge in [0.2, 0.25) is 0 Å². The number of nitrogens with one attached hydrogen (secondary N) is 2. The molecule has 11 rings (SSSR count). The third kappa shape index (κ3) is 4.94. The fraction of sp³-hybridized carbons (Fsp3) is 0.0192. The molecule has 7 aromatic carbocycles. The summed E-state index contributed by atoms with van der Waals surface area (Å²) in [4.78, 5) is 9.92. The molecular formula is C52H35N3. The maximum atomic E-state index is 5.78. The minimum Gasteiger partial charge on any atom is -0.373 e. The number of hydrogen-bond donors (Lipinski definition) is 2. The van der Waals surface area contributed by atoms with Gasteiger partial charge in [-0.25, -0.2) is 4.99 Å². The van der Waals surface area contributed by atoms with E-state index in [1.807, 2.05) is 0 Å². The number of aromatic nitrogens is 1. The molecular weight excluding hydrogens is 667 g/mol. The summed E-state index contributed by atoms with van der Waals surface area (Å²) in [6.07, 6.45) is 0. The van der Waals surface area contributed by atoms with Crippen molar-refractivity contribution in [1.29, 1.82) is 0 Å². The second-order valence-corrected chi connectivity index (χ2v) is 14.3. The lowest BCUT2D eigenvalue weighted by atomic mass is 9.84. The summed E-state index contributed by atoms with van der Waals surface area (Å²) in [6, 6.07) is 69.7. The minimum absolute atomic E-state index is 0.174. The van der Waals surface area contributed by atoms with Crippen LogP contribution in [0, 0.1) is 0 Å². The van der Waals surface area contributed by atoms with E-state index in [-0.39, 0.29) is 6.04 Å². The Labute approximate surface area is 320 Å². The number of benzene rings is 7. The van der Waals surface area contributed by atoms with Crippen LogP contribution >= 0.6 is 0 Å². The first kappa shape index (κ1) is 31.3. The van der Waals surface area contributed by atoms with E-state index < -0.39 is 0 Å². The van der Waals surface area contributed by atoms with Crippen LogP contribution in [-0.4, -0.2) is 10.7 Å². The molecule has 0 amide bonds. The van der Waals surface area contributed by atoms with Gasteiger partial charge in [-0.05, 0) is 33.4 Å². The molecule has 0 spiro atoms. The van der Waals surface area contributed by atoms with E-state index in [0.29, 0.717) is 0 Å². The van der Waals surface area contributed by atoms with E-state index in [9.17, 15) is 0 Å². The van der Waals surface area contributed by atoms with E-state index in [1.54, 1.807) is 0 Å². The number of hydrogen-bond acceptors (Lipinski definition) is 2. The molecule has 2 aliphatic heterocycles. The van der Waals surface area contributed by atoms with Crippen molar-refractivity contribution in [2.75, 3.05) is 0 Å². The zero-order chi connectivity index (χ0) is 36.3. The molecule has 8 aromatic rings. The Balaban J connectivity index is 1.40. The summed E-state index contributed by atoms with van der Waals surface area (Å²) in [5, 5.41) is 6.53. The topological polar surface area (TPSA) is 40.2 Å². The van der Waals surface area contributed by atoms with Gasteiger partial charge in [0.05, 0.1) is 34.5 Å². The predicted octanol–water partition coefficient (Wildman–Crippen LogP) is 12.1. The Morgan fingerprint density at radius 3 is 1.45 bits per heavy atom. The number of aromatic amines is 1. The predicted molar refractivity (Wildman–Crippen MR) is 228 cm³/mol. The van der Waals surface area contributed by atoms with Gasteiger partial charge >= 0.3 is 0 Å². The van der Waals surface area contributed by atoms with Crippen LogP contribution in [0.25, 0.3) is 44.5 Å². The third-order valence-electron chi connectivity index (χ3n) is 11.3. The van der Waals surface area contributed by atoms with Crippen LogP contribution in [0.5, 0.6) is 0 Å². The zero-order valence-corrected chi connectivity index (χ0v) is 30.0. The number of nitrogens with zero attached hydrogens (tertiary/aromatic N) is 1. The van der Waals surface area contributed by atoms with Crippen molar-refractivity contribution in [1.82, 2.24) is 10.3 Å². The summed E-state index contributed by atoms with van der Waals surface area (Å²) in [5.74, 6) is 0. The third-order valence-corrected chi connectivity index (χ3v) is 11.3. The quantitative estimate of drug-likeness (QED) is 0.188. The van der Waals surface area contributed by atoms with Gasteiger partial charge in [-0.2, -0.15) is 0 Å². The van der Waals surface area contributed by atoms with Crippen LogP contribution in [0.1, 0.15) is 61.9 Å². The van der Waals surface area contributed by atoms with Gasteiger partial charge in [0, 0.05) is 44.2 Å². The van der Waals surface area contributed by atoms with Gasteiger partial charge < -0.3 is 10.3 Å². The molecule has 1 atom stereocenters. The molecule has 0 saturated carbocycles. The van der Waals surface area contributed by atoms with Crippen LogP contribution in [-0.2, 0) is 0 Å². The number of H-pyrrole nitrogens is 1. The molecule has 0 radical (unpaired) electrons. The lowest BCUT2D eigenvalue weighted by molar-refractivity contribution is 0.834. The lowest BCUT2D eigenvalue weighted by Gasteiger charge is -2.24. The minimum atomic E-state index is -0.174. The largest absolute Gasteiger partial charge is 0.373 e. The molecule has 3 heteroatoms. The Hall–Kier alpha value is -7.23. The molecule has 1 aliphatic carbocycles. The van der Waals surface area contributed by atoms with Crippen LogP contribution < -0.4 is 5.32 Å². The first-order valence-electron chi connectivity index (χ1n) is 18.9. The molecule has 1 unspecified atom stereocenters. The molecule has 1 aromatic heterocycles. The normalized spacial score (nSPS) is 19.8. The van der Waals surface area contributed by atoms with Gasteiger partial charge in [0.15, 0.2) is 0 Å². The monoisotopic (exact) mass is 701 g/mol. The van der Waals surface area contributed by atoms with Crippen LogP contribution in [0.4, 0.5) is 0 Å². The van der Waals surface area contributed by atoms with Crippen molar-refractivity contribution < 1.29 is 0 Å². The van der Waals surface area contributed by atoms with Crippen molar-refractivity contribution in [2.24, 2.45) is 4.99 Å². The standard InChI is InChI=1S/C52H35N3/c1-5-19-33(20-6-1)43-44(34-21-7-2-8-22-34)48-38-28-14-16-30-40(38)50(54-48)46(36-25-11-4-12-26-36)52-42-32-18-17-31-41(42)51(55-52)45(35-23-9-3-10-24-35)49-39-29-15-13-27-37(39)47(43)53-49/h1-32,47,53-54H/b44-43-,49-45-,52-46-. The van der Waals surface area contributed by atoms with Crippen LogP contribution in [0.2, 0.25) is 0 Å². The van der Waals surface area contributed by atoms with Crippen LogP contribution in [0.15, 0.2) is 199 Å². The molecule has 0 fully saturated rings. The Morgan fingerprint density at radius 1 is 0.382 bits per heavy atom. The molecule has 3 aliphatic rings. The smallest absolute Gasteiger partial charge is 0.0816 e. The van der Waals surface area contributed by atoms with Gasteiger partial charge in [-0.3, -0.25) is 0 Å². The van der Waals surface area contributed by atoms with Gasteiger partial charge in [-0.15, -0.1) is 0 Å². The fourth-order valence-electron chi connectivity index (χ4n) is 8.91. The molecule has 3 nitrogen and oxygen atoms in total. The van der Waals surface area contributed by atoms with E-state index >= 15 is 0 Å². The van der Waals surface area contributed by atoms with Crippen molar-refractivity contribution in [3.8, 4) is 0 Å². The SMILES string of the molecule is c1ccc(/C2=C3/NC(/C(c4ccccc4)=C(/c4ccccc4)c4[nH]c(c5ccccc45)/C(c4ccccc4)=C4N=C2c2ccccc2\4)c2ccccc23)cc1. The van der Waals surface area contributed by atoms with Crippen molar-refractivity contribution in [3.05, 3.63) is 250 Å². The molecule has 258 valence electrons. The highest BCUT2D eigenvalue weighted by Crippen LogP contribution is 2.51. The molecule has 3 heterocycles. The summed E-state index contributed by atoms with van der Waals surface area (Å²) in [7, 11) is 0. The van der Waals surface area contributed by atoms with Gasteiger partial charge in [0.25, 0.3) is 0 Å².